The largest absolute Gasteiger partial charge is 0.390 e. The monoisotopic (exact) mass is 559 g/mol. The van der Waals surface area contributed by atoms with Crippen LogP contribution in [0.2, 0.25) is 0 Å². The van der Waals surface area contributed by atoms with Gasteiger partial charge >= 0.3 is 0 Å². The molecule has 1 aromatic rings. The third-order valence-electron chi connectivity index (χ3n) is 4.77. The number of nitrogens with one attached hydrogen (secondary N) is 1. The quantitative estimate of drug-likeness (QED) is 0.296. The van der Waals surface area contributed by atoms with Crippen molar-refractivity contribution in [2.24, 2.45) is 4.99 Å². The Labute approximate surface area is 193 Å². The van der Waals surface area contributed by atoms with Gasteiger partial charge in [0.05, 0.1) is 31.1 Å². The molecule has 0 spiro atoms. The number of hydrogen-bond donors (Lipinski definition) is 2. The molecule has 0 aromatic carbocycles. The first-order chi connectivity index (χ1) is 13.5. The van der Waals surface area contributed by atoms with E-state index < -0.39 is 15.9 Å². The van der Waals surface area contributed by atoms with Crippen LogP contribution in [-0.2, 0) is 19.3 Å². The molecule has 29 heavy (non-hydrogen) atoms. The lowest BCUT2D eigenvalue weighted by Crippen LogP contribution is -2.53. The third-order valence-corrected chi connectivity index (χ3v) is 8.06. The predicted octanol–water partition coefficient (Wildman–Crippen LogP) is 1.35. The minimum atomic E-state index is -3.49. The van der Waals surface area contributed by atoms with Gasteiger partial charge in [-0.15, -0.1) is 35.3 Å². The molecule has 11 heteroatoms. The van der Waals surface area contributed by atoms with E-state index in [4.69, 9.17) is 9.47 Å². The van der Waals surface area contributed by atoms with Crippen molar-refractivity contribution in [3.05, 3.63) is 17.5 Å². The molecular formula is C18H30IN3O5S2. The number of rotatable bonds is 7. The summed E-state index contributed by atoms with van der Waals surface area (Å²) in [5.74, 6) is 0.333. The fourth-order valence-electron chi connectivity index (χ4n) is 3.43. The van der Waals surface area contributed by atoms with E-state index in [1.165, 1.54) is 0 Å². The summed E-state index contributed by atoms with van der Waals surface area (Å²) in [4.78, 5) is 6.58. The number of halogens is 1. The van der Waals surface area contributed by atoms with Crippen LogP contribution in [0.4, 0.5) is 0 Å². The molecule has 2 aliphatic heterocycles. The van der Waals surface area contributed by atoms with Gasteiger partial charge in [0.1, 0.15) is 10.3 Å². The van der Waals surface area contributed by atoms with Crippen molar-refractivity contribution in [2.45, 2.75) is 42.3 Å². The predicted molar refractivity (Wildman–Crippen MR) is 124 cm³/mol. The van der Waals surface area contributed by atoms with Crippen molar-refractivity contribution in [2.75, 3.05) is 45.1 Å². The molecule has 0 bridgehead atoms. The van der Waals surface area contributed by atoms with E-state index in [0.29, 0.717) is 32.2 Å². The number of aliphatic hydroxyl groups is 1. The van der Waals surface area contributed by atoms with Crippen molar-refractivity contribution in [3.63, 3.8) is 0 Å². The van der Waals surface area contributed by atoms with Crippen molar-refractivity contribution in [3.8, 4) is 0 Å². The third kappa shape index (κ3) is 7.03. The number of aliphatic hydroxyl groups excluding tert-OH is 1. The summed E-state index contributed by atoms with van der Waals surface area (Å²) in [6.45, 7) is 5.41. The summed E-state index contributed by atoms with van der Waals surface area (Å²) in [6, 6.07) is 3.24. The van der Waals surface area contributed by atoms with Gasteiger partial charge in [-0.1, -0.05) is 6.07 Å². The summed E-state index contributed by atoms with van der Waals surface area (Å²) in [5, 5.41) is 15.2. The van der Waals surface area contributed by atoms with E-state index in [2.05, 4.69) is 15.2 Å². The highest BCUT2D eigenvalue weighted by Crippen LogP contribution is 2.21. The summed E-state index contributed by atoms with van der Waals surface area (Å²) >= 11 is 1.16. The zero-order chi connectivity index (χ0) is 20.0. The van der Waals surface area contributed by atoms with E-state index in [1.807, 2.05) is 6.92 Å². The molecule has 2 fully saturated rings. The summed E-state index contributed by atoms with van der Waals surface area (Å²) in [5.41, 5.74) is 0. The molecule has 0 aliphatic carbocycles. The van der Waals surface area contributed by atoms with Crippen LogP contribution in [0.15, 0.2) is 26.7 Å². The minimum absolute atomic E-state index is 0. The van der Waals surface area contributed by atoms with Gasteiger partial charge in [-0.3, -0.25) is 4.99 Å². The normalized spacial score (nSPS) is 24.2. The number of hydrogen-bond acceptors (Lipinski definition) is 7. The Morgan fingerprint density at radius 3 is 2.86 bits per heavy atom. The maximum absolute atomic E-state index is 12.3. The SMILES string of the molecule is CCNC(=NCC(O)CS(=O)(=O)c1cccs1)N1CCOC(C2CCCO2)C1.I. The molecule has 166 valence electrons. The van der Waals surface area contributed by atoms with Gasteiger partial charge < -0.3 is 24.8 Å². The first-order valence-corrected chi connectivity index (χ1v) is 12.2. The summed E-state index contributed by atoms with van der Waals surface area (Å²) in [7, 11) is -3.49. The van der Waals surface area contributed by atoms with Crippen LogP contribution in [0, 0.1) is 0 Å². The average molecular weight is 559 g/mol. The van der Waals surface area contributed by atoms with Crippen LogP contribution in [0.1, 0.15) is 19.8 Å². The fourth-order valence-corrected chi connectivity index (χ4v) is 5.90. The van der Waals surface area contributed by atoms with Gasteiger partial charge in [-0.2, -0.15) is 0 Å². The fraction of sp³-hybridized carbons (Fsp3) is 0.722. The molecule has 3 atom stereocenters. The Balaban J connectivity index is 0.00000300. The first kappa shape index (κ1) is 24.8. The van der Waals surface area contributed by atoms with Crippen molar-refractivity contribution < 1.29 is 23.0 Å². The molecule has 0 saturated carbocycles. The number of morpholine rings is 1. The molecule has 1 aromatic heterocycles. The highest BCUT2D eigenvalue weighted by atomic mass is 127. The van der Waals surface area contributed by atoms with Gasteiger partial charge in [0, 0.05) is 26.2 Å². The molecule has 2 N–H and O–H groups in total. The Kier molecular flexibility index (Phi) is 10.1. The van der Waals surface area contributed by atoms with Crippen LogP contribution >= 0.6 is 35.3 Å². The van der Waals surface area contributed by atoms with Gasteiger partial charge in [0.25, 0.3) is 0 Å². The molecular weight excluding hydrogens is 529 g/mol. The highest BCUT2D eigenvalue weighted by molar-refractivity contribution is 14.0. The van der Waals surface area contributed by atoms with Crippen LogP contribution < -0.4 is 5.32 Å². The standard InChI is InChI=1S/C18H29N3O5S2.HI/c1-2-19-18(21-7-9-26-16(12-21)15-5-3-8-25-15)20-11-14(22)13-28(23,24)17-6-4-10-27-17;/h4,6,10,14-16,22H,2-3,5,7-9,11-13H2,1H3,(H,19,20);1H. The average Bonchev–Trinajstić information content (AvgIpc) is 3.39. The van der Waals surface area contributed by atoms with Gasteiger partial charge in [-0.05, 0) is 31.2 Å². The number of sulfone groups is 1. The first-order valence-electron chi connectivity index (χ1n) is 9.70. The number of aliphatic imine (C=N–C) groups is 1. The second kappa shape index (κ2) is 11.8. The molecule has 2 saturated heterocycles. The maximum Gasteiger partial charge on any atom is 0.194 e. The Bertz CT molecular complexity index is 739. The lowest BCUT2D eigenvalue weighted by atomic mass is 10.1. The zero-order valence-corrected chi connectivity index (χ0v) is 20.5. The van der Waals surface area contributed by atoms with Gasteiger partial charge in [0.15, 0.2) is 15.8 Å². The summed E-state index contributed by atoms with van der Waals surface area (Å²) < 4.78 is 36.5. The van der Waals surface area contributed by atoms with E-state index in [1.54, 1.807) is 17.5 Å². The number of nitrogens with zero attached hydrogens (tertiary/aromatic N) is 2. The van der Waals surface area contributed by atoms with E-state index in [0.717, 1.165) is 30.8 Å². The molecule has 8 nitrogen and oxygen atoms in total. The summed E-state index contributed by atoms with van der Waals surface area (Å²) in [6.07, 6.45) is 1.13. The molecule has 3 rings (SSSR count). The highest BCUT2D eigenvalue weighted by Gasteiger charge is 2.32. The number of thiophene rings is 1. The topological polar surface area (TPSA) is 100 Å². The minimum Gasteiger partial charge on any atom is -0.390 e. The lowest BCUT2D eigenvalue weighted by molar-refractivity contribution is -0.0817. The maximum atomic E-state index is 12.3. The van der Waals surface area contributed by atoms with E-state index >= 15 is 0 Å². The molecule has 3 unspecified atom stereocenters. The van der Waals surface area contributed by atoms with Crippen molar-refractivity contribution >= 4 is 51.1 Å². The second-order valence-electron chi connectivity index (χ2n) is 6.97. The zero-order valence-electron chi connectivity index (χ0n) is 16.5. The van der Waals surface area contributed by atoms with Crippen LogP contribution in [-0.4, -0.2) is 87.8 Å². The van der Waals surface area contributed by atoms with Crippen LogP contribution in [0.5, 0.6) is 0 Å². The molecule has 3 heterocycles. The lowest BCUT2D eigenvalue weighted by Gasteiger charge is -2.37. The Morgan fingerprint density at radius 1 is 1.41 bits per heavy atom. The van der Waals surface area contributed by atoms with E-state index in [-0.39, 0.29) is 52.7 Å². The number of guanidine groups is 1. The van der Waals surface area contributed by atoms with E-state index in [9.17, 15) is 13.5 Å². The molecule has 2 aliphatic rings. The van der Waals surface area contributed by atoms with Crippen molar-refractivity contribution in [1.82, 2.24) is 10.2 Å². The molecule has 0 radical (unpaired) electrons. The Morgan fingerprint density at radius 2 is 2.21 bits per heavy atom. The van der Waals surface area contributed by atoms with Gasteiger partial charge in [0.2, 0.25) is 0 Å². The van der Waals surface area contributed by atoms with Gasteiger partial charge in [-0.25, -0.2) is 8.42 Å². The number of ether oxygens (including phenoxy) is 2. The molecule has 0 amide bonds. The van der Waals surface area contributed by atoms with Crippen molar-refractivity contribution in [1.29, 1.82) is 0 Å². The second-order valence-corrected chi connectivity index (χ2v) is 10.2. The smallest absolute Gasteiger partial charge is 0.194 e. The van der Waals surface area contributed by atoms with Crippen LogP contribution in [0.25, 0.3) is 0 Å². The van der Waals surface area contributed by atoms with Crippen LogP contribution in [0.3, 0.4) is 0 Å². The Hall–Kier alpha value is -0.470.